The van der Waals surface area contributed by atoms with Crippen LogP contribution in [0.2, 0.25) is 0 Å². The van der Waals surface area contributed by atoms with Crippen molar-refractivity contribution in [1.82, 2.24) is 0 Å². The van der Waals surface area contributed by atoms with E-state index in [4.69, 9.17) is 4.74 Å². The van der Waals surface area contributed by atoms with E-state index in [0.717, 1.165) is 11.1 Å². The molecule has 9 heteroatoms. The average Bonchev–Trinajstić information content (AvgIpc) is 3.22. The van der Waals surface area contributed by atoms with E-state index in [1.165, 1.54) is 24.3 Å². The number of hydrogen-bond acceptors (Lipinski definition) is 5. The third kappa shape index (κ3) is 5.46. The molecular formula is C26H27N3O5S. The van der Waals surface area contributed by atoms with Crippen LogP contribution in [0.3, 0.4) is 0 Å². The average molecular weight is 494 g/mol. The number of anilines is 3. The lowest BCUT2D eigenvalue weighted by molar-refractivity contribution is -0.122. The predicted octanol–water partition coefficient (Wildman–Crippen LogP) is 4.10. The summed E-state index contributed by atoms with van der Waals surface area (Å²) in [5.74, 6) is -0.432. The summed E-state index contributed by atoms with van der Waals surface area (Å²) in [6.07, 6.45) is 0.0792. The van der Waals surface area contributed by atoms with Crippen molar-refractivity contribution in [2.75, 3.05) is 28.6 Å². The second-order valence-electron chi connectivity index (χ2n) is 8.57. The van der Waals surface area contributed by atoms with Crippen LogP contribution in [0.4, 0.5) is 17.1 Å². The van der Waals surface area contributed by atoms with Crippen molar-refractivity contribution < 1.29 is 22.7 Å². The molecule has 1 fully saturated rings. The van der Waals surface area contributed by atoms with Gasteiger partial charge in [0.15, 0.2) is 0 Å². The minimum atomic E-state index is -3.77. The third-order valence-corrected chi connectivity index (χ3v) is 7.25. The first-order valence-corrected chi connectivity index (χ1v) is 12.6. The Kier molecular flexibility index (Phi) is 6.79. The maximum Gasteiger partial charge on any atom is 0.261 e. The van der Waals surface area contributed by atoms with Gasteiger partial charge in [0, 0.05) is 24.3 Å². The zero-order valence-electron chi connectivity index (χ0n) is 19.7. The van der Waals surface area contributed by atoms with E-state index in [-0.39, 0.29) is 29.7 Å². The van der Waals surface area contributed by atoms with Crippen LogP contribution in [0.5, 0.6) is 5.75 Å². The van der Waals surface area contributed by atoms with Crippen molar-refractivity contribution in [1.29, 1.82) is 0 Å². The van der Waals surface area contributed by atoms with E-state index in [9.17, 15) is 18.0 Å². The number of amides is 2. The number of hydrogen-bond donors (Lipinski definition) is 2. The highest BCUT2D eigenvalue weighted by Gasteiger charge is 2.36. The summed E-state index contributed by atoms with van der Waals surface area (Å²) in [5, 5.41) is 2.79. The summed E-state index contributed by atoms with van der Waals surface area (Å²) in [7, 11) is -2.23. The fraction of sp³-hybridized carbons (Fsp3) is 0.231. The van der Waals surface area contributed by atoms with Crippen molar-refractivity contribution in [2.24, 2.45) is 5.92 Å². The van der Waals surface area contributed by atoms with Gasteiger partial charge < -0.3 is 15.0 Å². The third-order valence-electron chi connectivity index (χ3n) is 5.86. The highest BCUT2D eigenvalue weighted by Crippen LogP contribution is 2.34. The summed E-state index contributed by atoms with van der Waals surface area (Å²) in [6.45, 7) is 4.08. The molecule has 1 unspecified atom stereocenters. The Morgan fingerprint density at radius 3 is 2.23 bits per heavy atom. The molecule has 1 aliphatic heterocycles. The minimum Gasteiger partial charge on any atom is -0.495 e. The van der Waals surface area contributed by atoms with Gasteiger partial charge in [0.1, 0.15) is 5.75 Å². The normalized spacial score (nSPS) is 15.7. The van der Waals surface area contributed by atoms with Crippen molar-refractivity contribution in [3.8, 4) is 5.75 Å². The molecule has 1 aliphatic rings. The molecule has 3 aromatic carbocycles. The molecule has 0 bridgehead atoms. The molecule has 4 rings (SSSR count). The van der Waals surface area contributed by atoms with Crippen molar-refractivity contribution in [3.63, 3.8) is 0 Å². The zero-order chi connectivity index (χ0) is 25.2. The van der Waals surface area contributed by atoms with Crippen LogP contribution in [-0.2, 0) is 19.6 Å². The number of carbonyl (C=O) groups excluding carboxylic acids is 2. The van der Waals surface area contributed by atoms with Gasteiger partial charge in [-0.15, -0.1) is 0 Å². The predicted molar refractivity (Wildman–Crippen MR) is 135 cm³/mol. The zero-order valence-corrected chi connectivity index (χ0v) is 20.6. The Labute approximate surface area is 205 Å². The number of ether oxygens (including phenoxy) is 1. The van der Waals surface area contributed by atoms with E-state index in [0.29, 0.717) is 22.8 Å². The van der Waals surface area contributed by atoms with Gasteiger partial charge in [0.2, 0.25) is 11.8 Å². The SMILES string of the molecule is COc1ccc(C)cc1N1CC(C(=O)Nc2ccc(S(=O)(=O)Nc3ccc(C)cc3)cc2)CC1=O. The van der Waals surface area contributed by atoms with Crippen LogP contribution in [0, 0.1) is 19.8 Å². The van der Waals surface area contributed by atoms with Crippen LogP contribution in [-0.4, -0.2) is 33.9 Å². The maximum absolute atomic E-state index is 12.9. The Balaban J connectivity index is 1.42. The number of aryl methyl sites for hydroxylation is 2. The first-order chi connectivity index (χ1) is 16.7. The molecule has 1 saturated heterocycles. The monoisotopic (exact) mass is 493 g/mol. The lowest BCUT2D eigenvalue weighted by Crippen LogP contribution is -2.28. The molecule has 8 nitrogen and oxygen atoms in total. The van der Waals surface area contributed by atoms with E-state index in [2.05, 4.69) is 10.0 Å². The van der Waals surface area contributed by atoms with Crippen molar-refractivity contribution >= 4 is 38.9 Å². The highest BCUT2D eigenvalue weighted by molar-refractivity contribution is 7.92. The molecule has 2 N–H and O–H groups in total. The largest absolute Gasteiger partial charge is 0.495 e. The quantitative estimate of drug-likeness (QED) is 0.516. The van der Waals surface area contributed by atoms with E-state index in [1.54, 1.807) is 30.2 Å². The molecule has 35 heavy (non-hydrogen) atoms. The molecule has 0 aliphatic carbocycles. The molecule has 0 aromatic heterocycles. The van der Waals surface area contributed by atoms with E-state index in [1.807, 2.05) is 38.1 Å². The highest BCUT2D eigenvalue weighted by atomic mass is 32.2. The molecule has 182 valence electrons. The molecule has 3 aromatic rings. The van der Waals surface area contributed by atoms with Crippen LogP contribution >= 0.6 is 0 Å². The second-order valence-corrected chi connectivity index (χ2v) is 10.2. The fourth-order valence-electron chi connectivity index (χ4n) is 3.92. The lowest BCUT2D eigenvalue weighted by atomic mass is 10.1. The number of benzene rings is 3. The van der Waals surface area contributed by atoms with Crippen LogP contribution < -0.4 is 19.7 Å². The molecule has 2 amide bonds. The van der Waals surface area contributed by atoms with Gasteiger partial charge in [0.05, 0.1) is 23.6 Å². The summed E-state index contributed by atoms with van der Waals surface area (Å²) >= 11 is 0. The number of carbonyl (C=O) groups is 2. The number of methoxy groups -OCH3 is 1. The van der Waals surface area contributed by atoms with Gasteiger partial charge in [-0.25, -0.2) is 8.42 Å². The molecular weight excluding hydrogens is 466 g/mol. The maximum atomic E-state index is 12.9. The Morgan fingerprint density at radius 2 is 1.57 bits per heavy atom. The molecule has 0 radical (unpaired) electrons. The van der Waals surface area contributed by atoms with Gasteiger partial charge in [-0.1, -0.05) is 23.8 Å². The topological polar surface area (TPSA) is 105 Å². The number of nitrogens with one attached hydrogen (secondary N) is 2. The summed E-state index contributed by atoms with van der Waals surface area (Å²) in [6, 6.07) is 18.5. The summed E-state index contributed by atoms with van der Waals surface area (Å²) in [5.41, 5.74) is 3.56. The van der Waals surface area contributed by atoms with Gasteiger partial charge in [-0.2, -0.15) is 0 Å². The first-order valence-electron chi connectivity index (χ1n) is 11.1. The van der Waals surface area contributed by atoms with Crippen LogP contribution in [0.25, 0.3) is 0 Å². The standard InChI is InChI=1S/C26H27N3O5S/c1-17-4-7-21(8-5-17)28-35(32,33)22-11-9-20(10-12-22)27-26(31)19-15-25(30)29(16-19)23-14-18(2)6-13-24(23)34-3/h4-14,19,28H,15-16H2,1-3H3,(H,27,31). The van der Waals surface area contributed by atoms with Crippen LogP contribution in [0.15, 0.2) is 71.6 Å². The molecule has 1 atom stereocenters. The van der Waals surface area contributed by atoms with Crippen molar-refractivity contribution in [2.45, 2.75) is 25.2 Å². The van der Waals surface area contributed by atoms with Gasteiger partial charge in [0.25, 0.3) is 10.0 Å². The lowest BCUT2D eigenvalue weighted by Gasteiger charge is -2.20. The Morgan fingerprint density at radius 1 is 0.943 bits per heavy atom. The van der Waals surface area contributed by atoms with Gasteiger partial charge >= 0.3 is 0 Å². The minimum absolute atomic E-state index is 0.0739. The summed E-state index contributed by atoms with van der Waals surface area (Å²) in [4.78, 5) is 27.2. The smallest absolute Gasteiger partial charge is 0.261 e. The summed E-state index contributed by atoms with van der Waals surface area (Å²) < 4.78 is 33.2. The van der Waals surface area contributed by atoms with Crippen molar-refractivity contribution in [3.05, 3.63) is 77.9 Å². The van der Waals surface area contributed by atoms with Crippen LogP contribution in [0.1, 0.15) is 17.5 Å². The van der Waals surface area contributed by atoms with E-state index >= 15 is 0 Å². The molecule has 1 heterocycles. The molecule has 0 spiro atoms. The first kappa shape index (κ1) is 24.3. The van der Waals surface area contributed by atoms with E-state index < -0.39 is 15.9 Å². The van der Waals surface area contributed by atoms with Gasteiger partial charge in [-0.3, -0.25) is 14.3 Å². The Bertz CT molecular complexity index is 1350. The number of nitrogens with zero attached hydrogens (tertiary/aromatic N) is 1. The number of rotatable bonds is 7. The Hall–Kier alpha value is -3.85. The fourth-order valence-corrected chi connectivity index (χ4v) is 4.98. The number of sulfonamides is 1. The molecule has 0 saturated carbocycles. The second kappa shape index (κ2) is 9.79. The van der Waals surface area contributed by atoms with Gasteiger partial charge in [-0.05, 0) is 67.9 Å².